The first-order valence-corrected chi connectivity index (χ1v) is 19.5. The van der Waals surface area contributed by atoms with Crippen molar-refractivity contribution in [1.82, 2.24) is 5.32 Å². The van der Waals surface area contributed by atoms with E-state index in [4.69, 9.17) is 14.8 Å². The molecular formula is C35H69N2O6P. The highest BCUT2D eigenvalue weighted by atomic mass is 31.2. The zero-order valence-corrected chi connectivity index (χ0v) is 29.3. The maximum atomic E-state index is 12.6. The van der Waals surface area contributed by atoms with Gasteiger partial charge in [-0.15, -0.1) is 0 Å². The van der Waals surface area contributed by atoms with Crippen LogP contribution in [0.15, 0.2) is 24.3 Å². The van der Waals surface area contributed by atoms with Gasteiger partial charge >= 0.3 is 7.82 Å². The first-order chi connectivity index (χ1) is 21.4. The van der Waals surface area contributed by atoms with E-state index in [0.717, 1.165) is 38.5 Å². The summed E-state index contributed by atoms with van der Waals surface area (Å²) in [6.07, 6.45) is 33.7. The molecule has 0 aromatic rings. The molecule has 3 atom stereocenters. The van der Waals surface area contributed by atoms with E-state index in [-0.39, 0.29) is 25.7 Å². The Hall–Kier alpha value is -1.02. The molecule has 1 amide bonds. The first-order valence-electron chi connectivity index (χ1n) is 18.0. The third kappa shape index (κ3) is 29.7. The zero-order valence-electron chi connectivity index (χ0n) is 28.4. The average Bonchev–Trinajstić information content (AvgIpc) is 3.01. The van der Waals surface area contributed by atoms with Crippen LogP contribution in [-0.2, 0) is 18.4 Å². The van der Waals surface area contributed by atoms with Gasteiger partial charge < -0.3 is 21.1 Å². The van der Waals surface area contributed by atoms with Gasteiger partial charge in [-0.05, 0) is 44.9 Å². The number of allylic oxidation sites excluding steroid dienone is 3. The Morgan fingerprint density at radius 1 is 0.727 bits per heavy atom. The summed E-state index contributed by atoms with van der Waals surface area (Å²) in [4.78, 5) is 22.5. The monoisotopic (exact) mass is 644 g/mol. The second-order valence-corrected chi connectivity index (χ2v) is 13.5. The Morgan fingerprint density at radius 2 is 1.18 bits per heavy atom. The molecule has 0 spiro atoms. The van der Waals surface area contributed by atoms with E-state index in [1.807, 2.05) is 6.08 Å². The number of carbonyl (C=O) groups excluding carboxylic acids is 1. The Morgan fingerprint density at radius 3 is 1.68 bits per heavy atom. The van der Waals surface area contributed by atoms with Crippen LogP contribution in [-0.4, -0.2) is 47.8 Å². The molecule has 260 valence electrons. The molecule has 0 aliphatic heterocycles. The van der Waals surface area contributed by atoms with Crippen LogP contribution in [0, 0.1) is 0 Å². The third-order valence-corrected chi connectivity index (χ3v) is 8.76. The quantitative estimate of drug-likeness (QED) is 0.0318. The lowest BCUT2D eigenvalue weighted by atomic mass is 10.1. The molecule has 0 aliphatic carbocycles. The summed E-state index contributed by atoms with van der Waals surface area (Å²) in [6, 6.07) is -0.856. The molecule has 0 aromatic heterocycles. The van der Waals surface area contributed by atoms with E-state index >= 15 is 0 Å². The van der Waals surface area contributed by atoms with Crippen LogP contribution in [0.4, 0.5) is 0 Å². The van der Waals surface area contributed by atoms with Gasteiger partial charge in [0, 0.05) is 13.0 Å². The van der Waals surface area contributed by atoms with Gasteiger partial charge in [0.1, 0.15) is 0 Å². The van der Waals surface area contributed by atoms with Gasteiger partial charge in [0.25, 0.3) is 0 Å². The molecular weight excluding hydrogens is 575 g/mol. The second kappa shape index (κ2) is 31.9. The standard InChI is InChI=1S/C35H69N2O6P/c1-3-5-7-9-11-13-14-15-16-17-18-19-20-21-23-25-27-29-35(39)37-33(32-43-44(40,41)42-31-30-36)34(38)28-26-24-22-12-10-8-6-4-2/h15-16,26,28,33-34,38H,3-14,17-25,27,29-32,36H2,1-2H3,(H,37,39)(H,40,41)/b16-15-,28-26+. The number of aliphatic hydroxyl groups excluding tert-OH is 1. The van der Waals surface area contributed by atoms with E-state index in [9.17, 15) is 19.4 Å². The summed E-state index contributed by atoms with van der Waals surface area (Å²) in [5.41, 5.74) is 5.33. The molecule has 0 saturated heterocycles. The smallest absolute Gasteiger partial charge is 0.387 e. The molecule has 0 saturated carbocycles. The van der Waals surface area contributed by atoms with Crippen molar-refractivity contribution in [3.05, 3.63) is 24.3 Å². The van der Waals surface area contributed by atoms with E-state index in [2.05, 4.69) is 31.3 Å². The molecule has 0 aliphatic rings. The van der Waals surface area contributed by atoms with Gasteiger partial charge in [0.05, 0.1) is 25.4 Å². The van der Waals surface area contributed by atoms with E-state index in [1.54, 1.807) is 6.08 Å². The van der Waals surface area contributed by atoms with Crippen LogP contribution < -0.4 is 11.1 Å². The fourth-order valence-corrected chi connectivity index (χ4v) is 5.77. The van der Waals surface area contributed by atoms with Crippen molar-refractivity contribution >= 4 is 13.7 Å². The summed E-state index contributed by atoms with van der Waals surface area (Å²) >= 11 is 0. The van der Waals surface area contributed by atoms with Crippen molar-refractivity contribution in [3.63, 3.8) is 0 Å². The molecule has 0 heterocycles. The highest BCUT2D eigenvalue weighted by Crippen LogP contribution is 2.43. The second-order valence-electron chi connectivity index (χ2n) is 12.1. The zero-order chi connectivity index (χ0) is 32.6. The summed E-state index contributed by atoms with van der Waals surface area (Å²) < 4.78 is 21.9. The van der Waals surface area contributed by atoms with Gasteiger partial charge in [-0.3, -0.25) is 13.8 Å². The van der Waals surface area contributed by atoms with Crippen molar-refractivity contribution in [3.8, 4) is 0 Å². The lowest BCUT2D eigenvalue weighted by Gasteiger charge is -2.23. The molecule has 0 bridgehead atoms. The maximum Gasteiger partial charge on any atom is 0.472 e. The Bertz CT molecular complexity index is 749. The third-order valence-electron chi connectivity index (χ3n) is 7.77. The van der Waals surface area contributed by atoms with E-state index in [1.165, 1.54) is 103 Å². The largest absolute Gasteiger partial charge is 0.472 e. The van der Waals surface area contributed by atoms with E-state index in [0.29, 0.717) is 6.42 Å². The number of phosphoric acid groups is 1. The topological polar surface area (TPSA) is 131 Å². The summed E-state index contributed by atoms with van der Waals surface area (Å²) in [5, 5.41) is 13.5. The molecule has 0 radical (unpaired) electrons. The number of nitrogens with one attached hydrogen (secondary N) is 1. The van der Waals surface area contributed by atoms with Crippen LogP contribution in [0.25, 0.3) is 0 Å². The average molecular weight is 645 g/mol. The number of nitrogens with two attached hydrogens (primary N) is 1. The lowest BCUT2D eigenvalue weighted by Crippen LogP contribution is -2.45. The van der Waals surface area contributed by atoms with Crippen LogP contribution in [0.2, 0.25) is 0 Å². The highest BCUT2D eigenvalue weighted by Gasteiger charge is 2.26. The van der Waals surface area contributed by atoms with Gasteiger partial charge in [0.2, 0.25) is 5.91 Å². The van der Waals surface area contributed by atoms with Gasteiger partial charge in [-0.2, -0.15) is 0 Å². The number of aliphatic hydroxyl groups is 1. The number of phosphoric ester groups is 1. The predicted octanol–water partition coefficient (Wildman–Crippen LogP) is 9.05. The van der Waals surface area contributed by atoms with Crippen LogP contribution in [0.1, 0.15) is 162 Å². The van der Waals surface area contributed by atoms with Crippen molar-refractivity contribution in [2.24, 2.45) is 5.73 Å². The molecule has 3 unspecified atom stereocenters. The minimum atomic E-state index is -4.32. The number of unbranched alkanes of at least 4 members (excludes halogenated alkanes) is 19. The van der Waals surface area contributed by atoms with E-state index < -0.39 is 20.0 Å². The number of hydrogen-bond donors (Lipinski definition) is 4. The van der Waals surface area contributed by atoms with Gasteiger partial charge in [0.15, 0.2) is 0 Å². The fourth-order valence-electron chi connectivity index (χ4n) is 5.01. The van der Waals surface area contributed by atoms with Gasteiger partial charge in [-0.1, -0.05) is 134 Å². The summed E-state index contributed by atoms with van der Waals surface area (Å²) in [5.74, 6) is -0.203. The molecule has 0 aromatic carbocycles. The van der Waals surface area contributed by atoms with Crippen LogP contribution in [0.5, 0.6) is 0 Å². The normalized spacial score (nSPS) is 14.8. The Labute approximate surface area is 270 Å². The number of amides is 1. The van der Waals surface area contributed by atoms with Crippen molar-refractivity contribution in [1.29, 1.82) is 0 Å². The minimum Gasteiger partial charge on any atom is -0.387 e. The molecule has 0 rings (SSSR count). The van der Waals surface area contributed by atoms with Crippen molar-refractivity contribution < 1.29 is 28.4 Å². The summed E-state index contributed by atoms with van der Waals surface area (Å²) in [7, 11) is -4.32. The van der Waals surface area contributed by atoms with Gasteiger partial charge in [-0.25, -0.2) is 4.57 Å². The van der Waals surface area contributed by atoms with Crippen molar-refractivity contribution in [2.45, 2.75) is 174 Å². The molecule has 0 fully saturated rings. The summed E-state index contributed by atoms with van der Waals surface area (Å²) in [6.45, 7) is 4.06. The SMILES string of the molecule is CCCCCCCC/C=C\CCCCCCCCCC(=O)NC(COP(=O)(O)OCCN)C(O)/C=C/CCCCCCCC. The Balaban J connectivity index is 4.23. The molecule has 5 N–H and O–H groups in total. The lowest BCUT2D eigenvalue weighted by molar-refractivity contribution is -0.123. The highest BCUT2D eigenvalue weighted by molar-refractivity contribution is 7.47. The van der Waals surface area contributed by atoms with Crippen LogP contribution >= 0.6 is 7.82 Å². The fraction of sp³-hybridized carbons (Fsp3) is 0.857. The molecule has 8 nitrogen and oxygen atoms in total. The number of carbonyl (C=O) groups is 1. The predicted molar refractivity (Wildman–Crippen MR) is 185 cm³/mol. The molecule has 44 heavy (non-hydrogen) atoms. The van der Waals surface area contributed by atoms with Crippen LogP contribution in [0.3, 0.4) is 0 Å². The maximum absolute atomic E-state index is 12.6. The number of rotatable bonds is 33. The first kappa shape index (κ1) is 43.0. The van der Waals surface area contributed by atoms with Crippen molar-refractivity contribution in [2.75, 3.05) is 19.8 Å². The minimum absolute atomic E-state index is 0.0780. The molecule has 9 heteroatoms. The number of hydrogen-bond acceptors (Lipinski definition) is 6. The Kier molecular flexibility index (Phi) is 31.2.